The van der Waals surface area contributed by atoms with Gasteiger partial charge in [-0.25, -0.2) is 0 Å². The van der Waals surface area contributed by atoms with Gasteiger partial charge in [-0.05, 0) is 80.8 Å². The van der Waals surface area contributed by atoms with E-state index >= 15 is 0 Å². The minimum atomic E-state index is -0.601. The summed E-state index contributed by atoms with van der Waals surface area (Å²) in [6.45, 7) is 15.6. The Morgan fingerprint density at radius 1 is 1.25 bits per heavy atom. The first-order chi connectivity index (χ1) is 16.8. The zero-order chi connectivity index (χ0) is 26.7. The van der Waals surface area contributed by atoms with E-state index in [4.69, 9.17) is 9.47 Å². The van der Waals surface area contributed by atoms with Crippen LogP contribution in [0.15, 0.2) is 47.1 Å². The molecule has 0 bridgehead atoms. The molecule has 0 spiro atoms. The van der Waals surface area contributed by atoms with E-state index < -0.39 is 11.7 Å². The van der Waals surface area contributed by atoms with E-state index in [1.807, 2.05) is 13.8 Å². The summed E-state index contributed by atoms with van der Waals surface area (Å²) in [5.41, 5.74) is 4.43. The third kappa shape index (κ3) is 7.00. The minimum absolute atomic E-state index is 0.181. The quantitative estimate of drug-likeness (QED) is 0.295. The molecule has 2 fully saturated rings. The van der Waals surface area contributed by atoms with Crippen molar-refractivity contribution in [1.82, 2.24) is 0 Å². The maximum absolute atomic E-state index is 11.6. The Bertz CT molecular complexity index is 947. The summed E-state index contributed by atoms with van der Waals surface area (Å²) in [5.74, 6) is 0.343. The summed E-state index contributed by atoms with van der Waals surface area (Å²) < 4.78 is 11.0. The Balaban J connectivity index is 1.76. The number of hydrogen-bond acceptors (Lipinski definition) is 5. The molecule has 0 aromatic rings. The van der Waals surface area contributed by atoms with E-state index in [1.54, 1.807) is 5.57 Å². The van der Waals surface area contributed by atoms with Crippen LogP contribution in [0, 0.1) is 17.3 Å². The van der Waals surface area contributed by atoms with Crippen molar-refractivity contribution in [3.63, 3.8) is 0 Å². The molecule has 5 atom stereocenters. The first-order valence-corrected chi connectivity index (χ1v) is 13.7. The van der Waals surface area contributed by atoms with Crippen molar-refractivity contribution in [3.05, 3.63) is 47.1 Å². The normalized spacial score (nSPS) is 31.7. The Hall–Kier alpha value is -2.14. The summed E-state index contributed by atoms with van der Waals surface area (Å²) in [7, 11) is 0. The predicted octanol–water partition coefficient (Wildman–Crippen LogP) is 6.77. The van der Waals surface area contributed by atoms with E-state index in [0.717, 1.165) is 43.3 Å². The van der Waals surface area contributed by atoms with Crippen molar-refractivity contribution in [2.24, 2.45) is 17.3 Å². The van der Waals surface area contributed by atoms with E-state index in [2.05, 4.69) is 38.7 Å². The molecule has 0 aromatic heterocycles. The molecule has 3 rings (SSSR count). The van der Waals surface area contributed by atoms with Crippen LogP contribution in [0.4, 0.5) is 0 Å². The molecule has 200 valence electrons. The van der Waals surface area contributed by atoms with Crippen molar-refractivity contribution < 1.29 is 24.2 Å². The average Bonchev–Trinajstić information content (AvgIpc) is 3.10. The van der Waals surface area contributed by atoms with Gasteiger partial charge in [0.2, 0.25) is 0 Å². The number of aliphatic hydroxyl groups is 1. The molecule has 3 aliphatic rings. The second-order valence-corrected chi connectivity index (χ2v) is 12.1. The molecule has 3 unspecified atom stereocenters. The number of rotatable bonds is 8. The van der Waals surface area contributed by atoms with Gasteiger partial charge in [0.1, 0.15) is 12.2 Å². The van der Waals surface area contributed by atoms with Crippen LogP contribution in [0.5, 0.6) is 0 Å². The third-order valence-corrected chi connectivity index (χ3v) is 8.43. The van der Waals surface area contributed by atoms with E-state index in [-0.39, 0.29) is 23.5 Å². The third-order valence-electron chi connectivity index (χ3n) is 8.43. The lowest BCUT2D eigenvalue weighted by molar-refractivity contribution is -0.152. The number of carbonyl (C=O) groups excluding carboxylic acids is 2. The van der Waals surface area contributed by atoms with E-state index in [1.165, 1.54) is 32.3 Å². The molecule has 0 amide bonds. The molecule has 1 N–H and O–H groups in total. The Labute approximate surface area is 217 Å². The summed E-state index contributed by atoms with van der Waals surface area (Å²) in [6, 6.07) is 0. The zero-order valence-corrected chi connectivity index (χ0v) is 23.2. The monoisotopic (exact) mass is 498 g/mol. The fourth-order valence-electron chi connectivity index (χ4n) is 6.69. The molecule has 5 heteroatoms. The smallest absolute Gasteiger partial charge is 0.303 e. The molecule has 0 radical (unpaired) electrons. The van der Waals surface area contributed by atoms with Crippen LogP contribution in [0.3, 0.4) is 0 Å². The minimum Gasteiger partial charge on any atom is -0.462 e. The Kier molecular flexibility index (Phi) is 9.08. The number of hydrogen-bond donors (Lipinski definition) is 1. The first-order valence-electron chi connectivity index (χ1n) is 13.7. The topological polar surface area (TPSA) is 72.8 Å². The molecular formula is C31H46O5. The van der Waals surface area contributed by atoms with Gasteiger partial charge in [-0.15, -0.1) is 0 Å². The Morgan fingerprint density at radius 2 is 1.94 bits per heavy atom. The van der Waals surface area contributed by atoms with E-state index in [0.29, 0.717) is 24.7 Å². The van der Waals surface area contributed by atoms with Crippen LogP contribution >= 0.6 is 0 Å². The summed E-state index contributed by atoms with van der Waals surface area (Å²) >= 11 is 0. The van der Waals surface area contributed by atoms with Crippen LogP contribution in [0.25, 0.3) is 0 Å². The zero-order valence-electron chi connectivity index (χ0n) is 23.2. The Morgan fingerprint density at radius 3 is 2.58 bits per heavy atom. The second kappa shape index (κ2) is 11.5. The van der Waals surface area contributed by atoms with Crippen molar-refractivity contribution >= 4 is 11.9 Å². The standard InChI is InChI=1S/C31H46O5/c1-20(10-8-16-30(5,6)34)27-14-15-28-24(11-9-17-31(27,28)7)12-13-25-18-26(35-22(3)32)19-29(21(25)2)36-23(4)33/h12-14,20,26,28-29,34H,2,8-11,15-19H2,1,3-7H3/b24-12+,25-13-/t20?,26?,28?,29-,31+/m0/s1. The SMILES string of the molecule is C=C1/C(=C\C=C2/CCC[C@]3(C)C(C(C)CCCC(C)(C)O)=CCC23)CC(OC(C)=O)C[C@@H]1OC(C)=O. The van der Waals surface area contributed by atoms with Gasteiger partial charge in [0.15, 0.2) is 0 Å². The van der Waals surface area contributed by atoms with Crippen molar-refractivity contribution in [2.45, 2.75) is 117 Å². The lowest BCUT2D eigenvalue weighted by atomic mass is 9.62. The number of ether oxygens (including phenoxy) is 2. The fraction of sp³-hybridized carbons (Fsp3) is 0.677. The predicted molar refractivity (Wildman–Crippen MR) is 143 cm³/mol. The molecular weight excluding hydrogens is 452 g/mol. The van der Waals surface area contributed by atoms with Crippen LogP contribution < -0.4 is 0 Å². The van der Waals surface area contributed by atoms with Gasteiger partial charge >= 0.3 is 11.9 Å². The number of esters is 2. The summed E-state index contributed by atoms with van der Waals surface area (Å²) in [6.07, 6.45) is 14.6. The number of allylic oxidation sites excluding steroid dienone is 5. The molecule has 0 aliphatic heterocycles. The summed E-state index contributed by atoms with van der Waals surface area (Å²) in [5, 5.41) is 10.1. The van der Waals surface area contributed by atoms with Crippen LogP contribution in [-0.2, 0) is 19.1 Å². The van der Waals surface area contributed by atoms with Crippen LogP contribution in [-0.4, -0.2) is 34.9 Å². The highest BCUT2D eigenvalue weighted by atomic mass is 16.6. The van der Waals surface area contributed by atoms with Crippen molar-refractivity contribution in [2.75, 3.05) is 0 Å². The highest BCUT2D eigenvalue weighted by Crippen LogP contribution is 2.57. The molecule has 2 saturated carbocycles. The lowest BCUT2D eigenvalue weighted by Gasteiger charge is -2.42. The molecule has 0 saturated heterocycles. The number of carbonyl (C=O) groups is 2. The lowest BCUT2D eigenvalue weighted by Crippen LogP contribution is -2.33. The maximum Gasteiger partial charge on any atom is 0.303 e. The average molecular weight is 499 g/mol. The van der Waals surface area contributed by atoms with Crippen molar-refractivity contribution in [3.8, 4) is 0 Å². The van der Waals surface area contributed by atoms with Gasteiger partial charge in [0.25, 0.3) is 0 Å². The van der Waals surface area contributed by atoms with Crippen LogP contribution in [0.2, 0.25) is 0 Å². The largest absolute Gasteiger partial charge is 0.462 e. The maximum atomic E-state index is 11.6. The number of fused-ring (bicyclic) bond motifs is 1. The van der Waals surface area contributed by atoms with Gasteiger partial charge in [0, 0.05) is 26.7 Å². The van der Waals surface area contributed by atoms with Gasteiger partial charge in [-0.1, -0.05) is 56.2 Å². The van der Waals surface area contributed by atoms with E-state index in [9.17, 15) is 14.7 Å². The van der Waals surface area contributed by atoms with Crippen molar-refractivity contribution in [1.29, 1.82) is 0 Å². The molecule has 3 aliphatic carbocycles. The van der Waals surface area contributed by atoms with Gasteiger partial charge < -0.3 is 14.6 Å². The van der Waals surface area contributed by atoms with Crippen LogP contribution in [0.1, 0.15) is 99.3 Å². The second-order valence-electron chi connectivity index (χ2n) is 12.1. The van der Waals surface area contributed by atoms with Gasteiger partial charge in [-0.3, -0.25) is 9.59 Å². The van der Waals surface area contributed by atoms with Gasteiger partial charge in [-0.2, -0.15) is 0 Å². The van der Waals surface area contributed by atoms with Gasteiger partial charge in [0.05, 0.1) is 5.60 Å². The molecule has 36 heavy (non-hydrogen) atoms. The molecule has 0 aromatic carbocycles. The first kappa shape index (κ1) is 28.4. The highest BCUT2D eigenvalue weighted by Gasteiger charge is 2.46. The fourth-order valence-corrected chi connectivity index (χ4v) is 6.69. The summed E-state index contributed by atoms with van der Waals surface area (Å²) in [4.78, 5) is 23.2. The molecule has 5 nitrogen and oxygen atoms in total. The molecule has 0 heterocycles. The highest BCUT2D eigenvalue weighted by molar-refractivity contribution is 5.67.